The number of carbonyl (C=O) groups is 1. The molecule has 1 saturated heterocycles. The topological polar surface area (TPSA) is 58.4 Å². The normalized spacial score (nSPS) is 18.3. The lowest BCUT2D eigenvalue weighted by molar-refractivity contribution is 0.0945. The third-order valence-electron chi connectivity index (χ3n) is 3.85. The summed E-state index contributed by atoms with van der Waals surface area (Å²) in [6.07, 6.45) is 2.40. The van der Waals surface area contributed by atoms with Gasteiger partial charge < -0.3 is 11.1 Å². The summed E-state index contributed by atoms with van der Waals surface area (Å²) in [6, 6.07) is 2.39. The van der Waals surface area contributed by atoms with Crippen LogP contribution >= 0.6 is 11.3 Å². The van der Waals surface area contributed by atoms with Crippen LogP contribution in [0.4, 0.5) is 0 Å². The molecule has 0 aliphatic carbocycles. The van der Waals surface area contributed by atoms with Gasteiger partial charge in [-0.15, -0.1) is 11.3 Å². The van der Waals surface area contributed by atoms with E-state index in [4.69, 9.17) is 5.73 Å². The van der Waals surface area contributed by atoms with E-state index in [0.717, 1.165) is 35.0 Å². The average Bonchev–Trinajstić information content (AvgIpc) is 3.08. The molecule has 1 aliphatic rings. The first kappa shape index (κ1) is 16.0. The van der Waals surface area contributed by atoms with Gasteiger partial charge in [-0.3, -0.25) is 9.69 Å². The van der Waals surface area contributed by atoms with Gasteiger partial charge in [0.25, 0.3) is 5.91 Å². The van der Waals surface area contributed by atoms with Crippen molar-refractivity contribution in [2.45, 2.75) is 32.7 Å². The molecule has 3 N–H and O–H groups in total. The van der Waals surface area contributed by atoms with Crippen LogP contribution in [0, 0.1) is 18.8 Å². The SMILES string of the molecule is CCN1CCCC1CNC(=O)c1cc(C)c(C#CCN)s1. The second kappa shape index (κ2) is 7.60. The highest BCUT2D eigenvalue weighted by molar-refractivity contribution is 7.14. The zero-order valence-electron chi connectivity index (χ0n) is 12.7. The van der Waals surface area contributed by atoms with Crippen LogP contribution in [0.25, 0.3) is 0 Å². The highest BCUT2D eigenvalue weighted by Crippen LogP contribution is 2.21. The van der Waals surface area contributed by atoms with Crippen molar-refractivity contribution in [3.8, 4) is 11.8 Å². The maximum Gasteiger partial charge on any atom is 0.261 e. The fourth-order valence-corrected chi connectivity index (χ4v) is 3.65. The molecule has 0 saturated carbocycles. The van der Waals surface area contributed by atoms with Gasteiger partial charge in [0, 0.05) is 12.6 Å². The summed E-state index contributed by atoms with van der Waals surface area (Å²) in [5.74, 6) is 5.86. The number of nitrogens with zero attached hydrogens (tertiary/aromatic N) is 1. The Morgan fingerprint density at radius 1 is 1.62 bits per heavy atom. The molecule has 0 aromatic carbocycles. The average molecular weight is 305 g/mol. The highest BCUT2D eigenvalue weighted by Gasteiger charge is 2.23. The summed E-state index contributed by atoms with van der Waals surface area (Å²) in [7, 11) is 0. The zero-order valence-corrected chi connectivity index (χ0v) is 13.6. The minimum atomic E-state index is 0.00634. The van der Waals surface area contributed by atoms with E-state index in [0.29, 0.717) is 12.6 Å². The molecule has 1 amide bonds. The number of thiophene rings is 1. The van der Waals surface area contributed by atoms with E-state index in [-0.39, 0.29) is 5.91 Å². The lowest BCUT2D eigenvalue weighted by Gasteiger charge is -2.22. The summed E-state index contributed by atoms with van der Waals surface area (Å²) >= 11 is 1.44. The summed E-state index contributed by atoms with van der Waals surface area (Å²) in [4.78, 5) is 16.3. The molecule has 1 unspecified atom stereocenters. The van der Waals surface area contributed by atoms with Gasteiger partial charge in [0.2, 0.25) is 0 Å². The van der Waals surface area contributed by atoms with E-state index in [1.807, 2.05) is 13.0 Å². The zero-order chi connectivity index (χ0) is 15.2. The van der Waals surface area contributed by atoms with Crippen LogP contribution in [0.2, 0.25) is 0 Å². The molecule has 1 aromatic rings. The number of amides is 1. The molecule has 5 heteroatoms. The van der Waals surface area contributed by atoms with E-state index in [9.17, 15) is 4.79 Å². The Morgan fingerprint density at radius 2 is 2.43 bits per heavy atom. The van der Waals surface area contributed by atoms with Crippen molar-refractivity contribution in [3.63, 3.8) is 0 Å². The Balaban J connectivity index is 1.94. The van der Waals surface area contributed by atoms with Crippen molar-refractivity contribution in [1.29, 1.82) is 0 Å². The minimum Gasteiger partial charge on any atom is -0.350 e. The number of likely N-dealkylation sites (N-methyl/N-ethyl adjacent to an activating group) is 1. The van der Waals surface area contributed by atoms with E-state index in [1.54, 1.807) is 0 Å². The number of likely N-dealkylation sites (tertiary alicyclic amines) is 1. The van der Waals surface area contributed by atoms with Crippen LogP contribution in [0.15, 0.2) is 6.07 Å². The lowest BCUT2D eigenvalue weighted by Crippen LogP contribution is -2.39. The molecule has 21 heavy (non-hydrogen) atoms. The molecular weight excluding hydrogens is 282 g/mol. The van der Waals surface area contributed by atoms with Crippen molar-refractivity contribution in [1.82, 2.24) is 10.2 Å². The van der Waals surface area contributed by atoms with E-state index in [1.165, 1.54) is 24.2 Å². The molecule has 2 rings (SSSR count). The van der Waals surface area contributed by atoms with Crippen LogP contribution in [0.1, 0.15) is 39.9 Å². The van der Waals surface area contributed by atoms with Gasteiger partial charge in [0.1, 0.15) is 0 Å². The molecule has 2 heterocycles. The largest absolute Gasteiger partial charge is 0.350 e. The molecule has 1 aromatic heterocycles. The smallest absolute Gasteiger partial charge is 0.261 e. The molecule has 1 atom stereocenters. The third-order valence-corrected chi connectivity index (χ3v) is 5.00. The second-order valence-corrected chi connectivity index (χ2v) is 6.32. The van der Waals surface area contributed by atoms with Gasteiger partial charge in [-0.2, -0.15) is 0 Å². The van der Waals surface area contributed by atoms with Crippen molar-refractivity contribution >= 4 is 17.2 Å². The molecule has 1 aliphatic heterocycles. The number of nitrogens with one attached hydrogen (secondary N) is 1. The Kier molecular flexibility index (Phi) is 5.80. The monoisotopic (exact) mass is 305 g/mol. The predicted molar refractivity (Wildman–Crippen MR) is 87.6 cm³/mol. The molecule has 0 bridgehead atoms. The molecule has 4 nitrogen and oxygen atoms in total. The molecule has 114 valence electrons. The van der Waals surface area contributed by atoms with Crippen molar-refractivity contribution in [2.75, 3.05) is 26.2 Å². The van der Waals surface area contributed by atoms with E-state index < -0.39 is 0 Å². The van der Waals surface area contributed by atoms with Crippen LogP contribution in [-0.4, -0.2) is 43.0 Å². The number of hydrogen-bond donors (Lipinski definition) is 2. The fourth-order valence-electron chi connectivity index (χ4n) is 2.69. The standard InChI is InChI=1S/C16H23N3OS/c1-3-19-9-5-6-13(19)11-18-16(20)15-10-12(2)14(21-15)7-4-8-17/h10,13H,3,5-6,8-9,11,17H2,1-2H3,(H,18,20). The minimum absolute atomic E-state index is 0.00634. The maximum absolute atomic E-state index is 12.2. The van der Waals surface area contributed by atoms with Gasteiger partial charge in [0.05, 0.1) is 16.3 Å². The van der Waals surface area contributed by atoms with Crippen LogP contribution in [0.3, 0.4) is 0 Å². The Bertz CT molecular complexity index is 556. The maximum atomic E-state index is 12.2. The number of nitrogens with two attached hydrogens (primary N) is 1. The summed E-state index contributed by atoms with van der Waals surface area (Å²) in [5, 5.41) is 3.06. The first-order valence-electron chi connectivity index (χ1n) is 7.47. The van der Waals surface area contributed by atoms with Gasteiger partial charge >= 0.3 is 0 Å². The quantitative estimate of drug-likeness (QED) is 0.831. The fraction of sp³-hybridized carbons (Fsp3) is 0.562. The van der Waals surface area contributed by atoms with Crippen LogP contribution in [-0.2, 0) is 0 Å². The van der Waals surface area contributed by atoms with Gasteiger partial charge in [0.15, 0.2) is 0 Å². The van der Waals surface area contributed by atoms with Crippen molar-refractivity contribution in [2.24, 2.45) is 5.73 Å². The number of carbonyl (C=O) groups excluding carboxylic acids is 1. The summed E-state index contributed by atoms with van der Waals surface area (Å²) in [6.45, 7) is 7.42. The predicted octanol–water partition coefficient (Wildman–Crippen LogP) is 1.58. The van der Waals surface area contributed by atoms with Crippen LogP contribution < -0.4 is 11.1 Å². The molecule has 1 fully saturated rings. The van der Waals surface area contributed by atoms with E-state index >= 15 is 0 Å². The highest BCUT2D eigenvalue weighted by atomic mass is 32.1. The van der Waals surface area contributed by atoms with Crippen LogP contribution in [0.5, 0.6) is 0 Å². The van der Waals surface area contributed by atoms with Crippen molar-refractivity contribution < 1.29 is 4.79 Å². The summed E-state index contributed by atoms with van der Waals surface area (Å²) < 4.78 is 0. The molecule has 0 radical (unpaired) electrons. The Hall–Kier alpha value is -1.35. The Labute approximate surface area is 130 Å². The molecule has 0 spiro atoms. The van der Waals surface area contributed by atoms with Gasteiger partial charge in [-0.05, 0) is 44.5 Å². The first-order valence-corrected chi connectivity index (χ1v) is 8.29. The number of hydrogen-bond acceptors (Lipinski definition) is 4. The third kappa shape index (κ3) is 4.07. The van der Waals surface area contributed by atoms with Gasteiger partial charge in [-0.25, -0.2) is 0 Å². The van der Waals surface area contributed by atoms with Crippen molar-refractivity contribution in [3.05, 3.63) is 21.4 Å². The first-order chi connectivity index (χ1) is 10.2. The van der Waals surface area contributed by atoms with Gasteiger partial charge in [-0.1, -0.05) is 18.8 Å². The number of rotatable bonds is 4. The second-order valence-electron chi connectivity index (χ2n) is 5.26. The summed E-state index contributed by atoms with van der Waals surface area (Å²) in [5.41, 5.74) is 6.43. The lowest BCUT2D eigenvalue weighted by atomic mass is 10.2. The van der Waals surface area contributed by atoms with E-state index in [2.05, 4.69) is 29.0 Å². The Morgan fingerprint density at radius 3 is 3.14 bits per heavy atom. The molecular formula is C16H23N3OS. The number of aryl methyl sites for hydroxylation is 1.